The smallest absolute Gasteiger partial charge is 0.251 e. The van der Waals surface area contributed by atoms with Crippen LogP contribution in [0.25, 0.3) is 0 Å². The molecule has 1 aromatic rings. The molecule has 1 atom stereocenters. The fourth-order valence-corrected chi connectivity index (χ4v) is 1.64. The van der Waals surface area contributed by atoms with E-state index in [1.165, 1.54) is 32.4 Å². The lowest BCUT2D eigenvalue weighted by molar-refractivity contribution is -0.109. The standard InChI is InChI=1S/C12H17FN2O3/c1-7(12(17-2)18-3)15-8-4-5-10(13)9(6-8)11(14)16/h4-7,12,15H,1-3H3,(H2,14,16). The topological polar surface area (TPSA) is 73.6 Å². The number of carbonyl (C=O) groups excluding carboxylic acids is 1. The van der Waals surface area contributed by atoms with Crippen LogP contribution in [0.3, 0.4) is 0 Å². The van der Waals surface area contributed by atoms with Crippen molar-refractivity contribution >= 4 is 11.6 Å². The number of benzene rings is 1. The van der Waals surface area contributed by atoms with Crippen molar-refractivity contribution in [1.82, 2.24) is 0 Å². The van der Waals surface area contributed by atoms with Crippen LogP contribution < -0.4 is 11.1 Å². The molecule has 0 saturated carbocycles. The van der Waals surface area contributed by atoms with Crippen LogP contribution in [0.1, 0.15) is 17.3 Å². The Kier molecular flexibility index (Phi) is 5.06. The molecular weight excluding hydrogens is 239 g/mol. The molecule has 1 rings (SSSR count). The zero-order valence-electron chi connectivity index (χ0n) is 10.6. The van der Waals surface area contributed by atoms with Gasteiger partial charge >= 0.3 is 0 Å². The van der Waals surface area contributed by atoms with E-state index in [-0.39, 0.29) is 11.6 Å². The number of hydrogen-bond acceptors (Lipinski definition) is 4. The lowest BCUT2D eigenvalue weighted by atomic mass is 10.1. The SMILES string of the molecule is COC(OC)C(C)Nc1ccc(F)c(C(N)=O)c1. The summed E-state index contributed by atoms with van der Waals surface area (Å²) < 4.78 is 23.4. The van der Waals surface area contributed by atoms with Crippen LogP contribution in [-0.2, 0) is 9.47 Å². The highest BCUT2D eigenvalue weighted by Gasteiger charge is 2.16. The second-order valence-electron chi connectivity index (χ2n) is 3.83. The molecule has 0 radical (unpaired) electrons. The fraction of sp³-hybridized carbons (Fsp3) is 0.417. The lowest BCUT2D eigenvalue weighted by Gasteiger charge is -2.23. The first-order valence-electron chi connectivity index (χ1n) is 5.41. The van der Waals surface area contributed by atoms with Gasteiger partial charge in [0.15, 0.2) is 6.29 Å². The summed E-state index contributed by atoms with van der Waals surface area (Å²) in [4.78, 5) is 11.0. The normalized spacial score (nSPS) is 12.5. The minimum absolute atomic E-state index is 0.154. The van der Waals surface area contributed by atoms with Gasteiger partial charge in [-0.05, 0) is 25.1 Å². The molecule has 0 fully saturated rings. The highest BCUT2D eigenvalue weighted by atomic mass is 19.1. The van der Waals surface area contributed by atoms with Crippen molar-refractivity contribution in [2.24, 2.45) is 5.73 Å². The third-order valence-electron chi connectivity index (χ3n) is 2.50. The summed E-state index contributed by atoms with van der Waals surface area (Å²) in [7, 11) is 3.04. The maximum Gasteiger partial charge on any atom is 0.251 e. The van der Waals surface area contributed by atoms with Crippen molar-refractivity contribution in [3.8, 4) is 0 Å². The second kappa shape index (κ2) is 6.32. The number of hydrogen-bond donors (Lipinski definition) is 2. The largest absolute Gasteiger partial charge is 0.377 e. The van der Waals surface area contributed by atoms with E-state index in [4.69, 9.17) is 15.2 Å². The molecule has 6 heteroatoms. The summed E-state index contributed by atoms with van der Waals surface area (Å²) in [5, 5.41) is 3.04. The van der Waals surface area contributed by atoms with Crippen LogP contribution in [0.4, 0.5) is 10.1 Å². The highest BCUT2D eigenvalue weighted by molar-refractivity contribution is 5.94. The van der Waals surface area contributed by atoms with Crippen LogP contribution >= 0.6 is 0 Å². The van der Waals surface area contributed by atoms with Crippen LogP contribution in [0, 0.1) is 5.82 Å². The zero-order valence-corrected chi connectivity index (χ0v) is 10.6. The molecule has 3 N–H and O–H groups in total. The van der Waals surface area contributed by atoms with Crippen molar-refractivity contribution in [3.05, 3.63) is 29.6 Å². The quantitative estimate of drug-likeness (QED) is 0.753. The molecule has 1 aromatic carbocycles. The minimum Gasteiger partial charge on any atom is -0.377 e. The number of nitrogens with two attached hydrogens (primary N) is 1. The third-order valence-corrected chi connectivity index (χ3v) is 2.50. The second-order valence-corrected chi connectivity index (χ2v) is 3.83. The number of primary amides is 1. The number of rotatable bonds is 6. The Labute approximate surface area is 105 Å². The average Bonchev–Trinajstić information content (AvgIpc) is 2.32. The lowest BCUT2D eigenvalue weighted by Crippen LogP contribution is -2.33. The highest BCUT2D eigenvalue weighted by Crippen LogP contribution is 2.16. The molecule has 0 aromatic heterocycles. The summed E-state index contributed by atoms with van der Waals surface area (Å²) in [6.45, 7) is 1.84. The molecule has 1 amide bonds. The summed E-state index contributed by atoms with van der Waals surface area (Å²) in [5.41, 5.74) is 5.48. The molecule has 100 valence electrons. The molecule has 0 saturated heterocycles. The van der Waals surface area contributed by atoms with Crippen LogP contribution in [0.5, 0.6) is 0 Å². The zero-order chi connectivity index (χ0) is 13.7. The van der Waals surface area contributed by atoms with E-state index in [1.54, 1.807) is 0 Å². The first-order valence-corrected chi connectivity index (χ1v) is 5.41. The molecule has 0 aliphatic carbocycles. The molecule has 1 unspecified atom stereocenters. The summed E-state index contributed by atoms with van der Waals surface area (Å²) >= 11 is 0. The predicted molar refractivity (Wildman–Crippen MR) is 65.8 cm³/mol. The molecule has 0 aliphatic rings. The first-order chi connectivity index (χ1) is 8.49. The fourth-order valence-electron chi connectivity index (χ4n) is 1.64. The molecule has 18 heavy (non-hydrogen) atoms. The summed E-state index contributed by atoms with van der Waals surface area (Å²) in [6, 6.07) is 3.88. The monoisotopic (exact) mass is 256 g/mol. The Morgan fingerprint density at radius 3 is 2.50 bits per heavy atom. The van der Waals surface area contributed by atoms with Gasteiger partial charge in [0.2, 0.25) is 0 Å². The number of amides is 1. The Hall–Kier alpha value is -1.66. The Morgan fingerprint density at radius 1 is 1.39 bits per heavy atom. The van der Waals surface area contributed by atoms with Gasteiger partial charge in [0, 0.05) is 19.9 Å². The minimum atomic E-state index is -0.807. The number of anilines is 1. The molecule has 5 nitrogen and oxygen atoms in total. The molecule has 0 bridgehead atoms. The van der Waals surface area contributed by atoms with Crippen LogP contribution in [-0.4, -0.2) is 32.5 Å². The first kappa shape index (κ1) is 14.4. The van der Waals surface area contributed by atoms with Gasteiger partial charge in [0.25, 0.3) is 5.91 Å². The van der Waals surface area contributed by atoms with Crippen molar-refractivity contribution in [2.75, 3.05) is 19.5 Å². The van der Waals surface area contributed by atoms with Gasteiger partial charge in [0.1, 0.15) is 5.82 Å². The van der Waals surface area contributed by atoms with Crippen LogP contribution in [0.15, 0.2) is 18.2 Å². The van der Waals surface area contributed by atoms with Gasteiger partial charge in [-0.1, -0.05) is 0 Å². The van der Waals surface area contributed by atoms with E-state index in [2.05, 4.69) is 5.32 Å². The van der Waals surface area contributed by atoms with Crippen molar-refractivity contribution in [2.45, 2.75) is 19.3 Å². The number of halogens is 1. The van der Waals surface area contributed by atoms with Gasteiger partial charge in [-0.25, -0.2) is 4.39 Å². The van der Waals surface area contributed by atoms with Gasteiger partial charge in [-0.15, -0.1) is 0 Å². The maximum absolute atomic E-state index is 13.3. The van der Waals surface area contributed by atoms with E-state index in [0.29, 0.717) is 5.69 Å². The predicted octanol–water partition coefficient (Wildman–Crippen LogP) is 1.34. The summed E-state index contributed by atoms with van der Waals surface area (Å²) in [6.07, 6.45) is -0.452. The van der Waals surface area contributed by atoms with Crippen molar-refractivity contribution in [1.29, 1.82) is 0 Å². The van der Waals surface area contributed by atoms with Gasteiger partial charge in [-0.2, -0.15) is 0 Å². The number of nitrogens with one attached hydrogen (secondary N) is 1. The van der Waals surface area contributed by atoms with E-state index < -0.39 is 18.0 Å². The van der Waals surface area contributed by atoms with Crippen molar-refractivity contribution in [3.63, 3.8) is 0 Å². The van der Waals surface area contributed by atoms with E-state index in [1.807, 2.05) is 6.92 Å². The van der Waals surface area contributed by atoms with Crippen molar-refractivity contribution < 1.29 is 18.7 Å². The van der Waals surface area contributed by atoms with Crippen LogP contribution in [0.2, 0.25) is 0 Å². The average molecular weight is 256 g/mol. The Balaban J connectivity index is 2.85. The van der Waals surface area contributed by atoms with E-state index in [0.717, 1.165) is 0 Å². The van der Waals surface area contributed by atoms with Gasteiger partial charge in [-0.3, -0.25) is 4.79 Å². The molecule has 0 aliphatic heterocycles. The molecular formula is C12H17FN2O3. The van der Waals surface area contributed by atoms with Gasteiger partial charge < -0.3 is 20.5 Å². The number of methoxy groups -OCH3 is 2. The Bertz CT molecular complexity index is 422. The molecule has 0 spiro atoms. The summed E-state index contributed by atoms with van der Waals surface area (Å²) in [5.74, 6) is -1.45. The number of carbonyl (C=O) groups is 1. The van der Waals surface area contributed by atoms with Gasteiger partial charge in [0.05, 0.1) is 11.6 Å². The Morgan fingerprint density at radius 2 is 2.00 bits per heavy atom. The maximum atomic E-state index is 13.3. The van der Waals surface area contributed by atoms with E-state index in [9.17, 15) is 9.18 Å². The molecule has 0 heterocycles. The van der Waals surface area contributed by atoms with E-state index >= 15 is 0 Å². The number of ether oxygens (including phenoxy) is 2. The third kappa shape index (κ3) is 3.41.